The third-order valence-electron chi connectivity index (χ3n) is 6.93. The van der Waals surface area contributed by atoms with E-state index in [9.17, 15) is 59.6 Å². The molecule has 4 aromatic carbocycles. The van der Waals surface area contributed by atoms with Crippen LogP contribution in [0.4, 0.5) is 34.1 Å². The minimum atomic E-state index is -1.17. The Kier molecular flexibility index (Phi) is 13.5. The molecule has 19 heteroatoms. The normalized spacial score (nSPS) is 9.96. The van der Waals surface area contributed by atoms with Crippen LogP contribution in [-0.2, 0) is 16.5 Å². The summed E-state index contributed by atoms with van der Waals surface area (Å²) < 4.78 is 0. The summed E-state index contributed by atoms with van der Waals surface area (Å²) in [5.41, 5.74) is -4.88. The number of anilines is 2. The number of carbonyl (C=O) groups excluding carboxylic acids is 4. The third-order valence-corrected chi connectivity index (χ3v) is 6.93. The van der Waals surface area contributed by atoms with Crippen molar-refractivity contribution >= 4 is 57.3 Å². The van der Waals surface area contributed by atoms with Crippen LogP contribution in [-0.4, -0.2) is 71.0 Å². The van der Waals surface area contributed by atoms with E-state index in [0.29, 0.717) is 0 Å². The number of hydrogen-bond donors (Lipinski definition) is 0. The number of nitrogens with zero attached hydrogens (tertiary/aromatic N) is 6. The molecule has 0 atom stereocenters. The molecular formula is C32H26N6NiO12. The van der Waals surface area contributed by atoms with Gasteiger partial charge in [-0.1, -0.05) is 60.7 Å². The minimum absolute atomic E-state index is 0. The molecule has 51 heavy (non-hydrogen) atoms. The number of rotatable bonds is 12. The van der Waals surface area contributed by atoms with Gasteiger partial charge in [-0.05, 0) is 24.3 Å². The number of carbonyl (C=O) groups is 4. The summed E-state index contributed by atoms with van der Waals surface area (Å²) in [5, 5.41) is 45.5. The van der Waals surface area contributed by atoms with E-state index >= 15 is 0 Å². The summed E-state index contributed by atoms with van der Waals surface area (Å²) in [5.74, 6) is -4.30. The van der Waals surface area contributed by atoms with Gasteiger partial charge in [-0.15, -0.1) is 0 Å². The molecule has 0 bridgehead atoms. The van der Waals surface area contributed by atoms with Gasteiger partial charge in [0.25, 0.3) is 0 Å². The smallest absolute Gasteiger partial charge is 0.369 e. The molecule has 4 rings (SSSR count). The summed E-state index contributed by atoms with van der Waals surface area (Å²) in [4.78, 5) is 93.6. The summed E-state index contributed by atoms with van der Waals surface area (Å²) in [6.45, 7) is 0. The van der Waals surface area contributed by atoms with Crippen molar-refractivity contribution in [3.05, 3.63) is 148 Å². The zero-order valence-electron chi connectivity index (χ0n) is 27.0. The summed E-state index contributed by atoms with van der Waals surface area (Å²) in [6, 6.07) is 19.5. The molecule has 0 amide bonds. The summed E-state index contributed by atoms with van der Waals surface area (Å²) in [7, 11) is 5.90. The first kappa shape index (κ1) is 40.4. The van der Waals surface area contributed by atoms with Crippen molar-refractivity contribution in [3.63, 3.8) is 0 Å². The fourth-order valence-electron chi connectivity index (χ4n) is 4.64. The van der Waals surface area contributed by atoms with Crippen LogP contribution in [0.2, 0.25) is 0 Å². The number of nitro benzene ring substituents is 4. The molecule has 0 unspecified atom stereocenters. The molecule has 0 aliphatic heterocycles. The topological polar surface area (TPSA) is 247 Å². The molecule has 0 aliphatic carbocycles. The van der Waals surface area contributed by atoms with Gasteiger partial charge in [-0.3, -0.25) is 59.6 Å². The van der Waals surface area contributed by atoms with E-state index < -0.39 is 76.7 Å². The Morgan fingerprint density at radius 3 is 0.941 bits per heavy atom. The van der Waals surface area contributed by atoms with Crippen molar-refractivity contribution in [2.75, 3.05) is 38.0 Å². The van der Waals surface area contributed by atoms with E-state index in [-0.39, 0.29) is 39.0 Å². The molecule has 0 saturated heterocycles. The predicted molar refractivity (Wildman–Crippen MR) is 178 cm³/mol. The molecule has 0 aromatic heterocycles. The maximum Gasteiger partial charge on any atom is 0.369 e. The third kappa shape index (κ3) is 8.84. The van der Waals surface area contributed by atoms with E-state index in [0.717, 1.165) is 12.1 Å². The molecule has 0 spiro atoms. The first-order valence-electron chi connectivity index (χ1n) is 14.1. The van der Waals surface area contributed by atoms with Crippen LogP contribution in [0.15, 0.2) is 84.9 Å². The van der Waals surface area contributed by atoms with Gasteiger partial charge in [0.15, 0.2) is 0 Å². The molecule has 0 heterocycles. The van der Waals surface area contributed by atoms with Crippen LogP contribution >= 0.6 is 0 Å². The quantitative estimate of drug-likeness (QED) is 0.0590. The Labute approximate surface area is 297 Å². The molecule has 0 radical (unpaired) electrons. The van der Waals surface area contributed by atoms with Crippen molar-refractivity contribution in [1.29, 1.82) is 0 Å². The van der Waals surface area contributed by atoms with Crippen molar-refractivity contribution in [2.24, 2.45) is 0 Å². The fourth-order valence-corrected chi connectivity index (χ4v) is 4.64. The van der Waals surface area contributed by atoms with Gasteiger partial charge in [0.05, 0.1) is 19.7 Å². The summed E-state index contributed by atoms with van der Waals surface area (Å²) in [6.07, 6.45) is 0. The molecule has 18 nitrogen and oxygen atoms in total. The molecule has 0 aliphatic rings. The van der Waals surface area contributed by atoms with E-state index in [1.165, 1.54) is 98.7 Å². The Balaban J connectivity index is 0.000000347. The van der Waals surface area contributed by atoms with Crippen LogP contribution in [0, 0.1) is 40.5 Å². The van der Waals surface area contributed by atoms with E-state index in [4.69, 9.17) is 0 Å². The molecule has 0 fully saturated rings. The fraction of sp³-hybridized carbons (Fsp3) is 0.125. The largest absolute Gasteiger partial charge is 0.372 e. The van der Waals surface area contributed by atoms with Crippen LogP contribution in [0.5, 0.6) is 0 Å². The van der Waals surface area contributed by atoms with E-state index in [1.54, 1.807) is 12.1 Å². The van der Waals surface area contributed by atoms with Crippen molar-refractivity contribution in [1.82, 2.24) is 0 Å². The maximum atomic E-state index is 12.4. The first-order valence-corrected chi connectivity index (χ1v) is 14.1. The van der Waals surface area contributed by atoms with E-state index in [1.807, 2.05) is 0 Å². The SMILES string of the molecule is CN(C)c1ccc(C(=O)C(=O)c2ccccc2)c([N+](=O)[O-])c1[N+](=O)[O-].CN(C)c1ccc(C(=O)C(=O)c2ccccc2)c([N+](=O)[O-])c1[N+](=O)[O-].[Ni]. The predicted octanol–water partition coefficient (Wildman–Crippen LogP) is 5.27. The van der Waals surface area contributed by atoms with Gasteiger partial charge in [0, 0.05) is 55.8 Å². The molecular weight excluding hydrogens is 719 g/mol. The Morgan fingerprint density at radius 1 is 0.431 bits per heavy atom. The number of hydrogen-bond acceptors (Lipinski definition) is 14. The molecule has 0 saturated carbocycles. The second kappa shape index (κ2) is 17.1. The van der Waals surface area contributed by atoms with Crippen LogP contribution in [0.25, 0.3) is 0 Å². The molecule has 4 aromatic rings. The number of nitro groups is 4. The van der Waals surface area contributed by atoms with Crippen molar-refractivity contribution in [2.45, 2.75) is 0 Å². The number of benzene rings is 4. The van der Waals surface area contributed by atoms with Gasteiger partial charge >= 0.3 is 22.7 Å². The second-order valence-electron chi connectivity index (χ2n) is 10.5. The Hall–Kier alpha value is -6.75. The van der Waals surface area contributed by atoms with Gasteiger partial charge in [0.2, 0.25) is 23.1 Å². The van der Waals surface area contributed by atoms with Crippen molar-refractivity contribution < 1.29 is 55.4 Å². The van der Waals surface area contributed by atoms with Crippen LogP contribution in [0.3, 0.4) is 0 Å². The van der Waals surface area contributed by atoms with E-state index in [2.05, 4.69) is 0 Å². The summed E-state index contributed by atoms with van der Waals surface area (Å²) >= 11 is 0. The average molecular weight is 745 g/mol. The molecule has 0 N–H and O–H groups in total. The van der Waals surface area contributed by atoms with Crippen LogP contribution in [0.1, 0.15) is 41.4 Å². The zero-order valence-corrected chi connectivity index (χ0v) is 28.0. The average Bonchev–Trinajstić information content (AvgIpc) is 3.09. The van der Waals surface area contributed by atoms with Gasteiger partial charge < -0.3 is 9.80 Å². The second-order valence-corrected chi connectivity index (χ2v) is 10.5. The van der Waals surface area contributed by atoms with Crippen LogP contribution < -0.4 is 9.80 Å². The standard InChI is InChI=1S/2C16H13N3O6.Ni/c2*1-17(2)12-9-8-11(13(18(22)23)14(12)19(24)25)16(21)15(20)10-6-4-3-5-7-10;/h2*3-9H,1-2H3;. The Morgan fingerprint density at radius 2 is 0.706 bits per heavy atom. The monoisotopic (exact) mass is 744 g/mol. The molecule has 266 valence electrons. The first-order chi connectivity index (χ1) is 23.5. The minimum Gasteiger partial charge on any atom is -0.372 e. The maximum absolute atomic E-state index is 12.4. The zero-order chi connectivity index (χ0) is 37.4. The van der Waals surface area contributed by atoms with Gasteiger partial charge in [-0.2, -0.15) is 0 Å². The van der Waals surface area contributed by atoms with Gasteiger partial charge in [-0.25, -0.2) is 0 Å². The van der Waals surface area contributed by atoms with Gasteiger partial charge in [0.1, 0.15) is 22.5 Å². The number of ketones is 4. The Bertz CT molecular complexity index is 1910. The van der Waals surface area contributed by atoms with Crippen molar-refractivity contribution in [3.8, 4) is 0 Å². The number of Topliss-reactive ketones (excluding diaryl/α,β-unsaturated/α-hetero) is 4.